The van der Waals surface area contributed by atoms with Crippen molar-refractivity contribution in [1.82, 2.24) is 9.80 Å². The Kier molecular flexibility index (Phi) is 5.79. The van der Waals surface area contributed by atoms with Crippen molar-refractivity contribution in [3.8, 4) is 0 Å². The normalized spacial score (nSPS) is 26.9. The highest BCUT2D eigenvalue weighted by Gasteiger charge is 2.50. The van der Waals surface area contributed by atoms with E-state index in [-0.39, 0.29) is 12.1 Å². The Balaban J connectivity index is 1.62. The number of fused-ring (bicyclic) bond motifs is 3. The van der Waals surface area contributed by atoms with Crippen LogP contribution in [0.2, 0.25) is 0 Å². The molecule has 1 fully saturated rings. The molecule has 32 heavy (non-hydrogen) atoms. The van der Waals surface area contributed by atoms with Gasteiger partial charge in [0.2, 0.25) is 0 Å². The van der Waals surface area contributed by atoms with Gasteiger partial charge in [0.05, 0.1) is 24.2 Å². The van der Waals surface area contributed by atoms with Gasteiger partial charge in [-0.1, -0.05) is 88.4 Å². The summed E-state index contributed by atoms with van der Waals surface area (Å²) in [5, 5.41) is 0. The highest BCUT2D eigenvalue weighted by Crippen LogP contribution is 2.46. The number of aliphatic imine (C=N–C) groups is 2. The van der Waals surface area contributed by atoms with Crippen LogP contribution in [0.15, 0.2) is 70.6 Å². The molecule has 168 valence electrons. The van der Waals surface area contributed by atoms with Gasteiger partial charge in [-0.2, -0.15) is 0 Å². The first-order chi connectivity index (χ1) is 15.5. The quantitative estimate of drug-likeness (QED) is 0.587. The molecular weight excluding hydrogens is 392 g/mol. The van der Waals surface area contributed by atoms with Gasteiger partial charge >= 0.3 is 0 Å². The van der Waals surface area contributed by atoms with Gasteiger partial charge in [0, 0.05) is 13.1 Å². The highest BCUT2D eigenvalue weighted by atomic mass is 15.4. The number of hydrogen-bond donors (Lipinski definition) is 0. The molecule has 4 nitrogen and oxygen atoms in total. The molecule has 3 aliphatic rings. The van der Waals surface area contributed by atoms with E-state index in [1.807, 2.05) is 0 Å². The van der Waals surface area contributed by atoms with Crippen LogP contribution in [0.3, 0.4) is 0 Å². The van der Waals surface area contributed by atoms with Crippen LogP contribution in [0.1, 0.15) is 63.7 Å². The summed E-state index contributed by atoms with van der Waals surface area (Å²) in [6.07, 6.45) is 2.25. The van der Waals surface area contributed by atoms with Crippen molar-refractivity contribution in [2.75, 3.05) is 13.1 Å². The van der Waals surface area contributed by atoms with Crippen LogP contribution in [-0.2, 0) is 0 Å². The molecule has 0 aliphatic carbocycles. The summed E-state index contributed by atoms with van der Waals surface area (Å²) in [5.41, 5.74) is 2.73. The van der Waals surface area contributed by atoms with Gasteiger partial charge in [-0.3, -0.25) is 9.98 Å². The summed E-state index contributed by atoms with van der Waals surface area (Å²) in [4.78, 5) is 15.7. The molecule has 0 radical (unpaired) electrons. The van der Waals surface area contributed by atoms with Crippen molar-refractivity contribution < 1.29 is 0 Å². The first kappa shape index (κ1) is 21.2. The minimum Gasteiger partial charge on any atom is -0.342 e. The molecule has 0 unspecified atom stereocenters. The number of amidine groups is 2. The first-order valence-corrected chi connectivity index (χ1v) is 12.3. The number of benzene rings is 2. The minimum atomic E-state index is 0.242. The molecule has 0 spiro atoms. The summed E-state index contributed by atoms with van der Waals surface area (Å²) >= 11 is 0. The van der Waals surface area contributed by atoms with Gasteiger partial charge in [-0.25, -0.2) is 0 Å². The third-order valence-corrected chi connectivity index (χ3v) is 6.91. The third-order valence-electron chi connectivity index (χ3n) is 6.91. The fraction of sp³-hybridized carbons (Fsp3) is 0.500. The van der Waals surface area contributed by atoms with Gasteiger partial charge in [0.25, 0.3) is 0 Å². The van der Waals surface area contributed by atoms with Crippen LogP contribution in [-0.4, -0.2) is 46.6 Å². The molecule has 0 aromatic heterocycles. The Morgan fingerprint density at radius 3 is 1.38 bits per heavy atom. The fourth-order valence-corrected chi connectivity index (χ4v) is 5.77. The van der Waals surface area contributed by atoms with Gasteiger partial charge in [-0.15, -0.1) is 0 Å². The summed E-state index contributed by atoms with van der Waals surface area (Å²) in [7, 11) is 0. The van der Waals surface area contributed by atoms with Crippen LogP contribution in [0.5, 0.6) is 0 Å². The predicted octanol–water partition coefficient (Wildman–Crippen LogP) is 5.74. The zero-order chi connectivity index (χ0) is 22.2. The van der Waals surface area contributed by atoms with Gasteiger partial charge in [0.15, 0.2) is 11.7 Å². The molecule has 2 aromatic carbocycles. The van der Waals surface area contributed by atoms with E-state index in [0.717, 1.165) is 37.6 Å². The number of hydrogen-bond acceptors (Lipinski definition) is 4. The Labute approximate surface area is 193 Å². The maximum Gasteiger partial charge on any atom is 0.168 e. The van der Waals surface area contributed by atoms with Crippen LogP contribution >= 0.6 is 0 Å². The average molecular weight is 429 g/mol. The Bertz CT molecular complexity index is 898. The van der Waals surface area contributed by atoms with E-state index in [0.29, 0.717) is 23.9 Å². The lowest BCUT2D eigenvalue weighted by Gasteiger charge is -2.47. The number of nitrogens with zero attached hydrogens (tertiary/aromatic N) is 4. The van der Waals surface area contributed by atoms with Gasteiger partial charge in [-0.05, 0) is 35.8 Å². The molecule has 5 rings (SSSR count). The maximum atomic E-state index is 5.28. The lowest BCUT2D eigenvalue weighted by atomic mass is 9.88. The third kappa shape index (κ3) is 3.96. The fourth-order valence-electron chi connectivity index (χ4n) is 5.77. The van der Waals surface area contributed by atoms with Gasteiger partial charge < -0.3 is 9.80 Å². The topological polar surface area (TPSA) is 31.2 Å². The average Bonchev–Trinajstić information content (AvgIpc) is 3.36. The Morgan fingerprint density at radius 2 is 1.03 bits per heavy atom. The number of rotatable bonds is 6. The van der Waals surface area contributed by atoms with Crippen molar-refractivity contribution in [2.24, 2.45) is 21.8 Å². The highest BCUT2D eigenvalue weighted by molar-refractivity contribution is 6.41. The monoisotopic (exact) mass is 428 g/mol. The second-order valence-electron chi connectivity index (χ2n) is 10.5. The molecule has 3 heterocycles. The van der Waals surface area contributed by atoms with E-state index in [1.54, 1.807) is 0 Å². The molecule has 1 saturated heterocycles. The van der Waals surface area contributed by atoms with Crippen LogP contribution in [0.4, 0.5) is 0 Å². The second kappa shape index (κ2) is 8.73. The molecule has 3 aliphatic heterocycles. The molecule has 0 bridgehead atoms. The maximum absolute atomic E-state index is 5.28. The van der Waals surface area contributed by atoms with E-state index in [2.05, 4.69) is 98.2 Å². The molecule has 4 atom stereocenters. The van der Waals surface area contributed by atoms with Crippen molar-refractivity contribution in [3.63, 3.8) is 0 Å². The Hall–Kier alpha value is -2.62. The molecule has 4 heteroatoms. The largest absolute Gasteiger partial charge is 0.342 e. The zero-order valence-corrected chi connectivity index (χ0v) is 19.9. The first-order valence-electron chi connectivity index (χ1n) is 12.3. The van der Waals surface area contributed by atoms with E-state index < -0.39 is 0 Å². The summed E-state index contributed by atoms with van der Waals surface area (Å²) < 4.78 is 0. The van der Waals surface area contributed by atoms with Crippen molar-refractivity contribution in [1.29, 1.82) is 0 Å². The molecule has 0 amide bonds. The van der Waals surface area contributed by atoms with E-state index in [1.165, 1.54) is 11.1 Å². The van der Waals surface area contributed by atoms with E-state index in [9.17, 15) is 0 Å². The minimum absolute atomic E-state index is 0.242. The summed E-state index contributed by atoms with van der Waals surface area (Å²) in [6.45, 7) is 11.2. The molecule has 0 saturated carbocycles. The summed E-state index contributed by atoms with van der Waals surface area (Å²) in [6, 6.07) is 23.3. The van der Waals surface area contributed by atoms with Crippen molar-refractivity contribution in [3.05, 3.63) is 71.8 Å². The zero-order valence-electron chi connectivity index (χ0n) is 19.9. The van der Waals surface area contributed by atoms with E-state index >= 15 is 0 Å². The lowest BCUT2D eigenvalue weighted by molar-refractivity contribution is 0.164. The molecular formula is C28H36N4. The SMILES string of the molecule is CC(C)C[C@H]1CN2C(=N1)C1=N[C@@H](CC(C)C)CN1[C@H](c1ccccc1)[C@H]2c1ccccc1. The van der Waals surface area contributed by atoms with E-state index in [4.69, 9.17) is 9.98 Å². The standard InChI is InChI=1S/C28H36N4/c1-19(2)15-23-17-31-25(21-11-7-5-8-12-21)26(22-13-9-6-10-14-22)32-18-24(16-20(3)4)30-28(32)27(31)29-23/h5-14,19-20,23-26H,15-18H2,1-4H3/t23-,24-,25+,26+/m0/s1. The van der Waals surface area contributed by atoms with Crippen molar-refractivity contribution >= 4 is 11.7 Å². The molecule has 0 N–H and O–H groups in total. The van der Waals surface area contributed by atoms with Gasteiger partial charge in [0.1, 0.15) is 0 Å². The second-order valence-corrected chi connectivity index (χ2v) is 10.5. The van der Waals surface area contributed by atoms with Crippen LogP contribution in [0.25, 0.3) is 0 Å². The predicted molar refractivity (Wildman–Crippen MR) is 133 cm³/mol. The lowest BCUT2D eigenvalue weighted by Crippen LogP contribution is -2.54. The summed E-state index contributed by atoms with van der Waals surface area (Å²) in [5.74, 6) is 3.54. The van der Waals surface area contributed by atoms with Crippen LogP contribution < -0.4 is 0 Å². The number of piperazine rings is 1. The smallest absolute Gasteiger partial charge is 0.168 e. The Morgan fingerprint density at radius 1 is 0.656 bits per heavy atom. The van der Waals surface area contributed by atoms with Crippen LogP contribution in [0, 0.1) is 11.8 Å². The van der Waals surface area contributed by atoms with Crippen molar-refractivity contribution in [2.45, 2.75) is 64.7 Å². The molecule has 2 aromatic rings.